The molecule has 0 radical (unpaired) electrons. The molecule has 1 aliphatic heterocycles. The van der Waals surface area contributed by atoms with Crippen LogP contribution in [0, 0.1) is 0 Å². The third kappa shape index (κ3) is 4.73. The van der Waals surface area contributed by atoms with E-state index in [0.717, 1.165) is 0 Å². The molecule has 2 rings (SSSR count). The topological polar surface area (TPSA) is 101 Å². The predicted octanol–water partition coefficient (Wildman–Crippen LogP) is -0.0363. The molecule has 0 aliphatic carbocycles. The third-order valence-electron chi connectivity index (χ3n) is 3.07. The van der Waals surface area contributed by atoms with E-state index in [2.05, 4.69) is 15.0 Å². The maximum atomic E-state index is 12.2. The number of carbonyl (C=O) groups is 1. The number of anilines is 1. The third-order valence-corrected chi connectivity index (χ3v) is 4.56. The van der Waals surface area contributed by atoms with Crippen LogP contribution in [0.15, 0.2) is 24.4 Å². The molecule has 122 valence electrons. The van der Waals surface area contributed by atoms with Crippen LogP contribution in [-0.2, 0) is 19.7 Å². The Kier molecular flexibility index (Phi) is 5.46. The van der Waals surface area contributed by atoms with E-state index in [4.69, 9.17) is 4.74 Å². The molecule has 1 fully saturated rings. The van der Waals surface area contributed by atoms with Crippen molar-refractivity contribution in [3.05, 3.63) is 24.4 Å². The standard InChI is InChI=1S/C13H20N4O4S/c1-10-8-17(9-11(2)21-10)22(19,20)15-7-13(18)16-12-5-3-4-6-14-12/h3-6,10-11,15H,7-9H2,1-2H3,(H,14,16,18)/t10-,11+. The molecule has 0 bridgehead atoms. The van der Waals surface area contributed by atoms with Gasteiger partial charge in [-0.25, -0.2) is 4.98 Å². The average Bonchev–Trinajstić information content (AvgIpc) is 2.45. The highest BCUT2D eigenvalue weighted by molar-refractivity contribution is 7.87. The Bertz CT molecular complexity index is 598. The summed E-state index contributed by atoms with van der Waals surface area (Å²) in [5.74, 6) is -0.100. The molecule has 2 N–H and O–H groups in total. The van der Waals surface area contributed by atoms with Crippen LogP contribution in [0.1, 0.15) is 13.8 Å². The molecule has 1 saturated heterocycles. The van der Waals surface area contributed by atoms with Crippen LogP contribution in [0.3, 0.4) is 0 Å². The highest BCUT2D eigenvalue weighted by Gasteiger charge is 2.31. The zero-order chi connectivity index (χ0) is 16.2. The van der Waals surface area contributed by atoms with Crippen molar-refractivity contribution in [3.8, 4) is 0 Å². The van der Waals surface area contributed by atoms with Crippen molar-refractivity contribution in [2.24, 2.45) is 0 Å². The van der Waals surface area contributed by atoms with Crippen molar-refractivity contribution in [2.45, 2.75) is 26.1 Å². The van der Waals surface area contributed by atoms with Gasteiger partial charge in [0.25, 0.3) is 10.2 Å². The number of carbonyl (C=O) groups excluding carboxylic acids is 1. The number of hydrogen-bond acceptors (Lipinski definition) is 5. The monoisotopic (exact) mass is 328 g/mol. The number of amides is 1. The molecule has 0 aromatic carbocycles. The van der Waals surface area contributed by atoms with Gasteiger partial charge in [0.1, 0.15) is 5.82 Å². The van der Waals surface area contributed by atoms with Crippen LogP contribution < -0.4 is 10.0 Å². The average molecular weight is 328 g/mol. The number of nitrogens with one attached hydrogen (secondary N) is 2. The minimum atomic E-state index is -3.71. The number of nitrogens with zero attached hydrogens (tertiary/aromatic N) is 2. The molecule has 2 heterocycles. The fourth-order valence-corrected chi connectivity index (χ4v) is 3.51. The maximum absolute atomic E-state index is 12.2. The zero-order valence-corrected chi connectivity index (χ0v) is 13.3. The van der Waals surface area contributed by atoms with E-state index in [9.17, 15) is 13.2 Å². The van der Waals surface area contributed by atoms with Crippen molar-refractivity contribution < 1.29 is 17.9 Å². The van der Waals surface area contributed by atoms with Crippen LogP contribution in [0.5, 0.6) is 0 Å². The lowest BCUT2D eigenvalue weighted by atomic mass is 10.3. The lowest BCUT2D eigenvalue weighted by molar-refractivity contribution is -0.115. The Labute approximate surface area is 130 Å². The molecule has 0 saturated carbocycles. The minimum absolute atomic E-state index is 0.178. The Morgan fingerprint density at radius 2 is 2.05 bits per heavy atom. The van der Waals surface area contributed by atoms with Crippen molar-refractivity contribution in [1.82, 2.24) is 14.0 Å². The van der Waals surface area contributed by atoms with Gasteiger partial charge < -0.3 is 10.1 Å². The number of ether oxygens (including phenoxy) is 1. The molecule has 2 atom stereocenters. The first kappa shape index (κ1) is 16.8. The van der Waals surface area contributed by atoms with E-state index in [-0.39, 0.29) is 31.8 Å². The second-order valence-electron chi connectivity index (χ2n) is 5.16. The van der Waals surface area contributed by atoms with Gasteiger partial charge in [0, 0.05) is 19.3 Å². The molecular formula is C13H20N4O4S. The fraction of sp³-hybridized carbons (Fsp3) is 0.538. The second kappa shape index (κ2) is 7.14. The van der Waals surface area contributed by atoms with Crippen LogP contribution in [-0.4, -0.2) is 55.5 Å². The summed E-state index contributed by atoms with van der Waals surface area (Å²) in [4.78, 5) is 15.7. The van der Waals surface area contributed by atoms with Crippen molar-refractivity contribution in [2.75, 3.05) is 25.0 Å². The molecule has 22 heavy (non-hydrogen) atoms. The molecular weight excluding hydrogens is 308 g/mol. The first-order valence-electron chi connectivity index (χ1n) is 6.98. The quantitative estimate of drug-likeness (QED) is 0.790. The van der Waals surface area contributed by atoms with Gasteiger partial charge in [0.15, 0.2) is 0 Å². The summed E-state index contributed by atoms with van der Waals surface area (Å²) < 4.78 is 33.5. The number of hydrogen-bond donors (Lipinski definition) is 2. The van der Waals surface area contributed by atoms with Crippen molar-refractivity contribution in [3.63, 3.8) is 0 Å². The van der Waals surface area contributed by atoms with Crippen LogP contribution >= 0.6 is 0 Å². The molecule has 1 aromatic rings. The molecule has 0 spiro atoms. The first-order valence-corrected chi connectivity index (χ1v) is 8.42. The van der Waals surface area contributed by atoms with Gasteiger partial charge in [0.05, 0.1) is 18.8 Å². The van der Waals surface area contributed by atoms with E-state index in [1.165, 1.54) is 10.5 Å². The van der Waals surface area contributed by atoms with E-state index in [1.54, 1.807) is 18.2 Å². The second-order valence-corrected chi connectivity index (χ2v) is 6.92. The molecule has 1 amide bonds. The smallest absolute Gasteiger partial charge is 0.280 e. The largest absolute Gasteiger partial charge is 0.373 e. The summed E-state index contributed by atoms with van der Waals surface area (Å²) in [5.41, 5.74) is 0. The summed E-state index contributed by atoms with van der Waals surface area (Å²) in [6.07, 6.45) is 1.18. The summed E-state index contributed by atoms with van der Waals surface area (Å²) in [7, 11) is -3.71. The van der Waals surface area contributed by atoms with E-state index < -0.39 is 16.1 Å². The fourth-order valence-electron chi connectivity index (χ4n) is 2.20. The Hall–Kier alpha value is -1.55. The lowest BCUT2D eigenvalue weighted by Crippen LogP contribution is -2.52. The van der Waals surface area contributed by atoms with Gasteiger partial charge in [0.2, 0.25) is 5.91 Å². The van der Waals surface area contributed by atoms with E-state index in [1.807, 2.05) is 13.8 Å². The summed E-state index contributed by atoms with van der Waals surface area (Å²) in [6, 6.07) is 5.07. The number of morpholine rings is 1. The first-order chi connectivity index (χ1) is 10.4. The SMILES string of the molecule is C[C@@H]1CN(S(=O)(=O)NCC(=O)Nc2ccccn2)C[C@H](C)O1. The van der Waals surface area contributed by atoms with Crippen LogP contribution in [0.25, 0.3) is 0 Å². The number of rotatable bonds is 5. The molecule has 1 aromatic heterocycles. The minimum Gasteiger partial charge on any atom is -0.373 e. The summed E-state index contributed by atoms with van der Waals surface area (Å²) >= 11 is 0. The lowest BCUT2D eigenvalue weighted by Gasteiger charge is -2.34. The van der Waals surface area contributed by atoms with Gasteiger partial charge in [-0.1, -0.05) is 6.07 Å². The maximum Gasteiger partial charge on any atom is 0.280 e. The Morgan fingerprint density at radius 3 is 2.64 bits per heavy atom. The summed E-state index contributed by atoms with van der Waals surface area (Å²) in [6.45, 7) is 3.81. The van der Waals surface area contributed by atoms with Crippen LogP contribution in [0.4, 0.5) is 5.82 Å². The van der Waals surface area contributed by atoms with E-state index >= 15 is 0 Å². The van der Waals surface area contributed by atoms with Gasteiger partial charge >= 0.3 is 0 Å². The highest BCUT2D eigenvalue weighted by Crippen LogP contribution is 2.13. The molecule has 0 unspecified atom stereocenters. The summed E-state index contributed by atoms with van der Waals surface area (Å²) in [5, 5.41) is 2.51. The van der Waals surface area contributed by atoms with Gasteiger partial charge in [-0.15, -0.1) is 0 Å². The van der Waals surface area contributed by atoms with Crippen LogP contribution in [0.2, 0.25) is 0 Å². The predicted molar refractivity (Wildman–Crippen MR) is 81.4 cm³/mol. The Balaban J connectivity index is 1.88. The van der Waals surface area contributed by atoms with E-state index in [0.29, 0.717) is 5.82 Å². The highest BCUT2D eigenvalue weighted by atomic mass is 32.2. The normalized spacial score (nSPS) is 23.2. The molecule has 9 heteroatoms. The van der Waals surface area contributed by atoms with Crippen molar-refractivity contribution in [1.29, 1.82) is 0 Å². The van der Waals surface area contributed by atoms with Crippen molar-refractivity contribution >= 4 is 21.9 Å². The zero-order valence-electron chi connectivity index (χ0n) is 12.5. The Morgan fingerprint density at radius 1 is 1.36 bits per heavy atom. The van der Waals surface area contributed by atoms with Gasteiger partial charge in [-0.2, -0.15) is 17.4 Å². The molecule has 8 nitrogen and oxygen atoms in total. The number of pyridine rings is 1. The number of aromatic nitrogens is 1. The van der Waals surface area contributed by atoms with Gasteiger partial charge in [-0.3, -0.25) is 4.79 Å². The van der Waals surface area contributed by atoms with Gasteiger partial charge in [-0.05, 0) is 26.0 Å². The molecule has 1 aliphatic rings.